The number of ether oxygens (including phenoxy) is 1. The van der Waals surface area contributed by atoms with E-state index in [-0.39, 0.29) is 17.5 Å². The third-order valence-corrected chi connectivity index (χ3v) is 8.79. The van der Waals surface area contributed by atoms with Gasteiger partial charge in [0, 0.05) is 18.2 Å². The zero-order valence-corrected chi connectivity index (χ0v) is 20.7. The van der Waals surface area contributed by atoms with Crippen molar-refractivity contribution in [1.82, 2.24) is 9.29 Å². The molecule has 0 aliphatic carbocycles. The summed E-state index contributed by atoms with van der Waals surface area (Å²) in [5, 5.41) is 3.14. The van der Waals surface area contributed by atoms with Crippen molar-refractivity contribution in [2.24, 2.45) is 0 Å². The first kappa shape index (κ1) is 24.3. The molecule has 34 heavy (non-hydrogen) atoms. The van der Waals surface area contributed by atoms with Crippen LogP contribution in [0.2, 0.25) is 0 Å². The molecule has 1 atom stereocenters. The standard InChI is InChI=1S/C24H27N3O5S2/c1-3-18-7-5-6-14-27(18)34(30,31)19-11-8-16(9-12-19)22(28)26-24-25-20-13-10-17(15-21(20)33-24)23(29)32-4-2/h8-13,15,18H,3-7,14H2,1-2H3,(H,25,26,28). The van der Waals surface area contributed by atoms with Gasteiger partial charge < -0.3 is 4.74 Å². The predicted molar refractivity (Wildman–Crippen MR) is 132 cm³/mol. The Morgan fingerprint density at radius 2 is 1.85 bits per heavy atom. The molecule has 1 unspecified atom stereocenters. The van der Waals surface area contributed by atoms with Gasteiger partial charge in [-0.3, -0.25) is 10.1 Å². The highest BCUT2D eigenvalue weighted by molar-refractivity contribution is 7.89. The summed E-state index contributed by atoms with van der Waals surface area (Å²) in [6.45, 7) is 4.57. The number of rotatable bonds is 7. The Bertz CT molecular complexity index is 1300. The van der Waals surface area contributed by atoms with Gasteiger partial charge in [-0.15, -0.1) is 0 Å². The van der Waals surface area contributed by atoms with E-state index in [4.69, 9.17) is 4.74 Å². The van der Waals surface area contributed by atoms with Gasteiger partial charge in [0.25, 0.3) is 5.91 Å². The van der Waals surface area contributed by atoms with E-state index in [0.717, 1.165) is 30.4 Å². The lowest BCUT2D eigenvalue weighted by atomic mass is 10.0. The first-order chi connectivity index (χ1) is 16.3. The SMILES string of the molecule is CCOC(=O)c1ccc2nc(NC(=O)c3ccc(S(=O)(=O)N4CCCCC4CC)cc3)sc2c1. The molecule has 2 aromatic carbocycles. The molecule has 0 bridgehead atoms. The number of fused-ring (bicyclic) bond motifs is 1. The molecule has 0 saturated carbocycles. The highest BCUT2D eigenvalue weighted by Gasteiger charge is 2.32. The number of aromatic nitrogens is 1. The molecular formula is C24H27N3O5S2. The third kappa shape index (κ3) is 4.98. The van der Waals surface area contributed by atoms with Crippen molar-refractivity contribution in [3.63, 3.8) is 0 Å². The number of hydrogen-bond donors (Lipinski definition) is 1. The van der Waals surface area contributed by atoms with Crippen LogP contribution in [0.3, 0.4) is 0 Å². The molecular weight excluding hydrogens is 474 g/mol. The molecule has 8 nitrogen and oxygen atoms in total. The van der Waals surface area contributed by atoms with Crippen molar-refractivity contribution < 1.29 is 22.7 Å². The van der Waals surface area contributed by atoms with Gasteiger partial charge in [-0.1, -0.05) is 24.7 Å². The molecule has 2 heterocycles. The van der Waals surface area contributed by atoms with Crippen LogP contribution in [0.5, 0.6) is 0 Å². The molecule has 4 rings (SSSR count). The van der Waals surface area contributed by atoms with Crippen molar-refractivity contribution in [1.29, 1.82) is 0 Å². The smallest absolute Gasteiger partial charge is 0.338 e. The minimum Gasteiger partial charge on any atom is -0.462 e. The quantitative estimate of drug-likeness (QED) is 0.471. The molecule has 1 amide bonds. The molecule has 0 radical (unpaired) electrons. The van der Waals surface area contributed by atoms with Crippen LogP contribution in [0.4, 0.5) is 5.13 Å². The van der Waals surface area contributed by atoms with E-state index in [1.165, 1.54) is 35.6 Å². The second-order valence-corrected chi connectivity index (χ2v) is 11.0. The Kier molecular flexibility index (Phi) is 7.30. The van der Waals surface area contributed by atoms with Crippen molar-refractivity contribution in [3.8, 4) is 0 Å². The Morgan fingerprint density at radius 1 is 1.12 bits per heavy atom. The largest absolute Gasteiger partial charge is 0.462 e. The molecule has 1 aromatic heterocycles. The van der Waals surface area contributed by atoms with E-state index in [1.807, 2.05) is 6.92 Å². The molecule has 180 valence electrons. The molecule has 3 aromatic rings. The Balaban J connectivity index is 1.48. The second-order valence-electron chi connectivity index (χ2n) is 8.07. The minimum atomic E-state index is -3.60. The monoisotopic (exact) mass is 501 g/mol. The van der Waals surface area contributed by atoms with Crippen LogP contribution >= 0.6 is 11.3 Å². The van der Waals surface area contributed by atoms with Crippen LogP contribution in [0.25, 0.3) is 10.2 Å². The number of benzene rings is 2. The maximum atomic E-state index is 13.1. The van der Waals surface area contributed by atoms with Crippen LogP contribution in [-0.4, -0.2) is 48.8 Å². The number of piperidine rings is 1. The Labute approximate surface area is 203 Å². The molecule has 1 fully saturated rings. The predicted octanol–water partition coefficient (Wildman–Crippen LogP) is 4.68. The lowest BCUT2D eigenvalue weighted by molar-refractivity contribution is 0.0526. The first-order valence-corrected chi connectivity index (χ1v) is 13.6. The van der Waals surface area contributed by atoms with E-state index in [2.05, 4.69) is 10.3 Å². The number of carbonyl (C=O) groups excluding carboxylic acids is 2. The van der Waals surface area contributed by atoms with Crippen LogP contribution in [0.1, 0.15) is 60.2 Å². The summed E-state index contributed by atoms with van der Waals surface area (Å²) >= 11 is 1.25. The van der Waals surface area contributed by atoms with Gasteiger partial charge in [-0.25, -0.2) is 18.2 Å². The number of nitrogens with one attached hydrogen (secondary N) is 1. The summed E-state index contributed by atoms with van der Waals surface area (Å²) in [5.74, 6) is -0.800. The van der Waals surface area contributed by atoms with Crippen LogP contribution < -0.4 is 5.32 Å². The number of thiazole rings is 1. The van der Waals surface area contributed by atoms with Gasteiger partial charge in [-0.05, 0) is 68.7 Å². The average molecular weight is 502 g/mol. The van der Waals surface area contributed by atoms with Gasteiger partial charge in [0.05, 0.1) is 27.3 Å². The average Bonchev–Trinajstić information content (AvgIpc) is 3.25. The van der Waals surface area contributed by atoms with Crippen molar-refractivity contribution in [3.05, 3.63) is 53.6 Å². The number of anilines is 1. The fourth-order valence-electron chi connectivity index (χ4n) is 4.10. The highest BCUT2D eigenvalue weighted by Crippen LogP contribution is 2.29. The lowest BCUT2D eigenvalue weighted by Gasteiger charge is -2.34. The van der Waals surface area contributed by atoms with Gasteiger partial charge in [0.2, 0.25) is 10.0 Å². The topological polar surface area (TPSA) is 106 Å². The summed E-state index contributed by atoms with van der Waals surface area (Å²) in [4.78, 5) is 29.3. The van der Waals surface area contributed by atoms with Crippen LogP contribution in [0.15, 0.2) is 47.4 Å². The number of sulfonamides is 1. The van der Waals surface area contributed by atoms with E-state index >= 15 is 0 Å². The van der Waals surface area contributed by atoms with E-state index < -0.39 is 21.9 Å². The maximum Gasteiger partial charge on any atom is 0.338 e. The van der Waals surface area contributed by atoms with Crippen molar-refractivity contribution >= 4 is 48.6 Å². The number of esters is 1. The van der Waals surface area contributed by atoms with Gasteiger partial charge in [0.1, 0.15) is 0 Å². The van der Waals surface area contributed by atoms with Gasteiger partial charge in [-0.2, -0.15) is 4.31 Å². The van der Waals surface area contributed by atoms with Crippen LogP contribution in [0, 0.1) is 0 Å². The van der Waals surface area contributed by atoms with E-state index in [1.54, 1.807) is 29.4 Å². The molecule has 1 aliphatic heterocycles. The lowest BCUT2D eigenvalue weighted by Crippen LogP contribution is -2.43. The van der Waals surface area contributed by atoms with Gasteiger partial charge >= 0.3 is 5.97 Å². The Morgan fingerprint density at radius 3 is 2.56 bits per heavy atom. The van der Waals surface area contributed by atoms with Crippen molar-refractivity contribution in [2.45, 2.75) is 50.5 Å². The summed E-state index contributed by atoms with van der Waals surface area (Å²) in [7, 11) is -3.60. The normalized spacial score (nSPS) is 16.9. The zero-order chi connectivity index (χ0) is 24.3. The third-order valence-electron chi connectivity index (χ3n) is 5.89. The number of nitrogens with zero attached hydrogens (tertiary/aromatic N) is 2. The summed E-state index contributed by atoms with van der Waals surface area (Å²) in [6.07, 6.45) is 3.56. The zero-order valence-electron chi connectivity index (χ0n) is 19.1. The van der Waals surface area contributed by atoms with E-state index in [0.29, 0.717) is 28.3 Å². The van der Waals surface area contributed by atoms with Crippen molar-refractivity contribution in [2.75, 3.05) is 18.5 Å². The summed E-state index contributed by atoms with van der Waals surface area (Å²) in [5.41, 5.74) is 1.41. The second kappa shape index (κ2) is 10.2. The Hall–Kier alpha value is -2.82. The molecule has 1 aliphatic rings. The van der Waals surface area contributed by atoms with Gasteiger partial charge in [0.15, 0.2) is 5.13 Å². The number of amides is 1. The van der Waals surface area contributed by atoms with Crippen LogP contribution in [-0.2, 0) is 14.8 Å². The summed E-state index contributed by atoms with van der Waals surface area (Å²) < 4.78 is 33.6. The number of hydrogen-bond acceptors (Lipinski definition) is 7. The van der Waals surface area contributed by atoms with E-state index in [9.17, 15) is 18.0 Å². The fourth-order valence-corrected chi connectivity index (χ4v) is 6.77. The molecule has 1 saturated heterocycles. The molecule has 0 spiro atoms. The first-order valence-electron chi connectivity index (χ1n) is 11.3. The minimum absolute atomic E-state index is 0.0186. The fraction of sp³-hybridized carbons (Fsp3) is 0.375. The summed E-state index contributed by atoms with van der Waals surface area (Å²) in [6, 6.07) is 11.0. The number of carbonyl (C=O) groups is 2. The maximum absolute atomic E-state index is 13.1. The highest BCUT2D eigenvalue weighted by atomic mass is 32.2. The molecule has 1 N–H and O–H groups in total. The molecule has 10 heteroatoms.